The van der Waals surface area contributed by atoms with Gasteiger partial charge in [-0.2, -0.15) is 0 Å². The van der Waals surface area contributed by atoms with Gasteiger partial charge in [-0.25, -0.2) is 16.8 Å². The molecule has 6 nitrogen and oxygen atoms in total. The molecule has 3 rings (SSSR count). The van der Waals surface area contributed by atoms with Crippen molar-refractivity contribution in [1.82, 2.24) is 0 Å². The second-order valence-electron chi connectivity index (χ2n) is 6.06. The third-order valence-electron chi connectivity index (χ3n) is 4.06. The highest BCUT2D eigenvalue weighted by Gasteiger charge is 2.26. The minimum Gasteiger partial charge on any atom is -0.280 e. The van der Waals surface area contributed by atoms with Crippen molar-refractivity contribution in [1.29, 1.82) is 0 Å². The van der Waals surface area contributed by atoms with Crippen molar-refractivity contribution in [2.24, 2.45) is 0 Å². The SMILES string of the molecule is Cc1cccc(S(=O)(=O)Nc2ccc(N3CCCCS3(=O)=O)cc2)c1. The summed E-state index contributed by atoms with van der Waals surface area (Å²) in [7, 11) is -6.96. The van der Waals surface area contributed by atoms with Gasteiger partial charge in [0.1, 0.15) is 0 Å². The molecule has 1 aliphatic heterocycles. The molecule has 0 aromatic heterocycles. The molecule has 0 saturated carbocycles. The minimum absolute atomic E-state index is 0.148. The molecule has 0 spiro atoms. The molecule has 0 amide bonds. The molecule has 1 fully saturated rings. The summed E-state index contributed by atoms with van der Waals surface area (Å²) < 4.78 is 53.0. The third kappa shape index (κ3) is 3.96. The standard InChI is InChI=1S/C17H20N2O4S2/c1-14-5-4-6-17(13-14)25(22,23)18-15-7-9-16(10-8-15)19-11-2-3-12-24(19,20)21/h4-10,13,18H,2-3,11-12H2,1H3. The van der Waals surface area contributed by atoms with Crippen molar-refractivity contribution in [3.8, 4) is 0 Å². The highest BCUT2D eigenvalue weighted by Crippen LogP contribution is 2.26. The van der Waals surface area contributed by atoms with Crippen LogP contribution in [-0.4, -0.2) is 29.1 Å². The molecule has 2 aromatic rings. The highest BCUT2D eigenvalue weighted by molar-refractivity contribution is 7.93. The molecule has 0 bridgehead atoms. The van der Waals surface area contributed by atoms with Gasteiger partial charge >= 0.3 is 0 Å². The molecule has 0 atom stereocenters. The van der Waals surface area contributed by atoms with E-state index in [-0.39, 0.29) is 10.6 Å². The van der Waals surface area contributed by atoms with E-state index in [2.05, 4.69) is 4.72 Å². The van der Waals surface area contributed by atoms with Gasteiger partial charge < -0.3 is 0 Å². The van der Waals surface area contributed by atoms with Crippen LogP contribution in [-0.2, 0) is 20.0 Å². The third-order valence-corrected chi connectivity index (χ3v) is 7.31. The van der Waals surface area contributed by atoms with Gasteiger partial charge in [-0.3, -0.25) is 9.03 Å². The lowest BCUT2D eigenvalue weighted by Gasteiger charge is -2.28. The number of aryl methyl sites for hydroxylation is 1. The second-order valence-corrected chi connectivity index (χ2v) is 9.76. The second kappa shape index (κ2) is 6.68. The van der Waals surface area contributed by atoms with E-state index in [4.69, 9.17) is 0 Å². The molecule has 2 aromatic carbocycles. The van der Waals surface area contributed by atoms with Gasteiger partial charge in [0.25, 0.3) is 10.0 Å². The molecule has 1 N–H and O–H groups in total. The van der Waals surface area contributed by atoms with Crippen molar-refractivity contribution in [2.75, 3.05) is 21.3 Å². The largest absolute Gasteiger partial charge is 0.280 e. The molecule has 25 heavy (non-hydrogen) atoms. The maximum atomic E-state index is 12.4. The summed E-state index contributed by atoms with van der Waals surface area (Å²) >= 11 is 0. The Morgan fingerprint density at radius 1 is 1.04 bits per heavy atom. The number of sulfonamides is 2. The Labute approximate surface area is 148 Å². The summed E-state index contributed by atoms with van der Waals surface area (Å²) in [6.45, 7) is 2.28. The number of nitrogens with one attached hydrogen (secondary N) is 1. The van der Waals surface area contributed by atoms with E-state index >= 15 is 0 Å². The highest BCUT2D eigenvalue weighted by atomic mass is 32.2. The first-order valence-electron chi connectivity index (χ1n) is 7.98. The van der Waals surface area contributed by atoms with Crippen LogP contribution in [0.2, 0.25) is 0 Å². The molecule has 1 saturated heterocycles. The Hall–Kier alpha value is -2.06. The molecule has 0 radical (unpaired) electrons. The van der Waals surface area contributed by atoms with E-state index in [0.29, 0.717) is 24.3 Å². The van der Waals surface area contributed by atoms with Crippen molar-refractivity contribution >= 4 is 31.4 Å². The predicted molar refractivity (Wildman–Crippen MR) is 98.8 cm³/mol. The van der Waals surface area contributed by atoms with Gasteiger partial charge in [0.2, 0.25) is 10.0 Å². The first-order chi connectivity index (χ1) is 11.8. The smallest absolute Gasteiger partial charge is 0.261 e. The molecule has 0 aliphatic carbocycles. The average Bonchev–Trinajstić information content (AvgIpc) is 2.55. The summed E-state index contributed by atoms with van der Waals surface area (Å²) in [6.07, 6.45) is 1.49. The van der Waals surface area contributed by atoms with Crippen molar-refractivity contribution in [2.45, 2.75) is 24.7 Å². The van der Waals surface area contributed by atoms with Crippen molar-refractivity contribution < 1.29 is 16.8 Å². The Kier molecular flexibility index (Phi) is 4.75. The fraction of sp³-hybridized carbons (Fsp3) is 0.294. The van der Waals surface area contributed by atoms with Gasteiger partial charge in [0.15, 0.2) is 0 Å². The van der Waals surface area contributed by atoms with Crippen LogP contribution in [0.25, 0.3) is 0 Å². The van der Waals surface area contributed by atoms with Gasteiger partial charge in [0.05, 0.1) is 16.3 Å². The predicted octanol–water partition coefficient (Wildman–Crippen LogP) is 2.73. The summed E-state index contributed by atoms with van der Waals surface area (Å²) in [4.78, 5) is 0.190. The van der Waals surface area contributed by atoms with E-state index in [1.165, 1.54) is 10.4 Å². The summed E-state index contributed by atoms with van der Waals surface area (Å²) in [6, 6.07) is 13.0. The molecule has 1 aliphatic rings. The van der Waals surface area contributed by atoms with Crippen LogP contribution in [0.4, 0.5) is 11.4 Å². The Morgan fingerprint density at radius 3 is 2.40 bits per heavy atom. The number of benzene rings is 2. The summed E-state index contributed by atoms with van der Waals surface area (Å²) in [5, 5.41) is 0. The summed E-state index contributed by atoms with van der Waals surface area (Å²) in [5.74, 6) is 0.148. The number of hydrogen-bond acceptors (Lipinski definition) is 4. The number of rotatable bonds is 4. The van der Waals surface area contributed by atoms with Crippen LogP contribution >= 0.6 is 0 Å². The van der Waals surface area contributed by atoms with Gasteiger partial charge in [-0.15, -0.1) is 0 Å². The Bertz CT molecular complexity index is 968. The zero-order valence-electron chi connectivity index (χ0n) is 13.8. The van der Waals surface area contributed by atoms with Gasteiger partial charge in [-0.1, -0.05) is 12.1 Å². The fourth-order valence-corrected chi connectivity index (χ4v) is 5.57. The monoisotopic (exact) mass is 380 g/mol. The van der Waals surface area contributed by atoms with E-state index in [1.54, 1.807) is 36.4 Å². The van der Waals surface area contributed by atoms with E-state index in [9.17, 15) is 16.8 Å². The molecule has 8 heteroatoms. The fourth-order valence-electron chi connectivity index (χ4n) is 2.77. The minimum atomic E-state index is -3.68. The van der Waals surface area contributed by atoms with Crippen LogP contribution in [0.3, 0.4) is 0 Å². The maximum absolute atomic E-state index is 12.4. The van der Waals surface area contributed by atoms with Crippen LogP contribution in [0.15, 0.2) is 53.4 Å². The first-order valence-corrected chi connectivity index (χ1v) is 11.1. The van der Waals surface area contributed by atoms with Crippen LogP contribution in [0.5, 0.6) is 0 Å². The average molecular weight is 380 g/mol. The summed E-state index contributed by atoms with van der Waals surface area (Å²) in [5.41, 5.74) is 1.80. The Morgan fingerprint density at radius 2 is 1.76 bits per heavy atom. The topological polar surface area (TPSA) is 83.6 Å². The van der Waals surface area contributed by atoms with E-state index < -0.39 is 20.0 Å². The lowest BCUT2D eigenvalue weighted by molar-refractivity contribution is 0.574. The number of nitrogens with zero attached hydrogens (tertiary/aromatic N) is 1. The van der Waals surface area contributed by atoms with Crippen LogP contribution in [0, 0.1) is 6.92 Å². The lowest BCUT2D eigenvalue weighted by Crippen LogP contribution is -2.37. The van der Waals surface area contributed by atoms with Crippen LogP contribution < -0.4 is 9.03 Å². The lowest BCUT2D eigenvalue weighted by atomic mass is 10.2. The normalized spacial score (nSPS) is 17.2. The molecule has 1 heterocycles. The quantitative estimate of drug-likeness (QED) is 0.884. The molecule has 0 unspecified atom stereocenters. The van der Waals surface area contributed by atoms with E-state index in [0.717, 1.165) is 12.0 Å². The first kappa shape index (κ1) is 17.8. The van der Waals surface area contributed by atoms with Crippen molar-refractivity contribution in [3.63, 3.8) is 0 Å². The van der Waals surface area contributed by atoms with Gasteiger partial charge in [-0.05, 0) is 61.7 Å². The molecule has 134 valence electrons. The van der Waals surface area contributed by atoms with Gasteiger partial charge in [0, 0.05) is 12.2 Å². The van der Waals surface area contributed by atoms with Crippen molar-refractivity contribution in [3.05, 3.63) is 54.1 Å². The Balaban J connectivity index is 1.81. The zero-order chi connectivity index (χ0) is 18.1. The maximum Gasteiger partial charge on any atom is 0.261 e. The number of anilines is 2. The molecular weight excluding hydrogens is 360 g/mol. The zero-order valence-corrected chi connectivity index (χ0v) is 15.5. The van der Waals surface area contributed by atoms with Crippen LogP contribution in [0.1, 0.15) is 18.4 Å². The van der Waals surface area contributed by atoms with E-state index in [1.807, 2.05) is 13.0 Å². The molecular formula is C17H20N2O4S2. The number of hydrogen-bond donors (Lipinski definition) is 1.